The lowest BCUT2D eigenvalue weighted by atomic mass is 9.94. The van der Waals surface area contributed by atoms with E-state index in [-0.39, 0.29) is 17.9 Å². The summed E-state index contributed by atoms with van der Waals surface area (Å²) in [6.07, 6.45) is -1.40. The van der Waals surface area contributed by atoms with Crippen LogP contribution in [0.2, 0.25) is 0 Å². The van der Waals surface area contributed by atoms with Crippen molar-refractivity contribution in [2.75, 3.05) is 18.0 Å². The van der Waals surface area contributed by atoms with Gasteiger partial charge in [0.2, 0.25) is 5.95 Å². The van der Waals surface area contributed by atoms with E-state index in [1.807, 2.05) is 11.8 Å². The molecule has 1 fully saturated rings. The Labute approximate surface area is 109 Å². The molecule has 1 aromatic heterocycles. The fourth-order valence-electron chi connectivity index (χ4n) is 2.30. The summed E-state index contributed by atoms with van der Waals surface area (Å²) < 4.78 is 37.9. The number of anilines is 1. The first-order chi connectivity index (χ1) is 8.91. The molecule has 19 heavy (non-hydrogen) atoms. The third-order valence-electron chi connectivity index (χ3n) is 3.50. The molecule has 2 rings (SSSR count). The van der Waals surface area contributed by atoms with Crippen LogP contribution in [0.25, 0.3) is 0 Å². The van der Waals surface area contributed by atoms with Crippen LogP contribution in [0.5, 0.6) is 0 Å². The number of aromatic nitrogens is 2. The standard InChI is InChI=1S/C12H17F3N4/c1-8-2-3-9(6-16)7-19(8)11-17-5-4-10(18-11)12(13,14)15/h4-5,8-9H,2-3,6-7,16H2,1H3. The molecule has 2 heterocycles. The summed E-state index contributed by atoms with van der Waals surface area (Å²) in [6.45, 7) is 3.11. The molecule has 106 valence electrons. The summed E-state index contributed by atoms with van der Waals surface area (Å²) >= 11 is 0. The Balaban J connectivity index is 2.25. The zero-order chi connectivity index (χ0) is 14.0. The van der Waals surface area contributed by atoms with Gasteiger partial charge in [-0.2, -0.15) is 13.2 Å². The molecule has 0 radical (unpaired) electrons. The van der Waals surface area contributed by atoms with Crippen LogP contribution in [0, 0.1) is 5.92 Å². The summed E-state index contributed by atoms with van der Waals surface area (Å²) in [5.41, 5.74) is 4.74. The first kappa shape index (κ1) is 14.0. The summed E-state index contributed by atoms with van der Waals surface area (Å²) in [5, 5.41) is 0. The highest BCUT2D eigenvalue weighted by atomic mass is 19.4. The maximum atomic E-state index is 12.6. The molecule has 0 aliphatic carbocycles. The largest absolute Gasteiger partial charge is 0.433 e. The molecule has 7 heteroatoms. The molecule has 0 bridgehead atoms. The van der Waals surface area contributed by atoms with Crippen molar-refractivity contribution < 1.29 is 13.2 Å². The average Bonchev–Trinajstić information content (AvgIpc) is 2.38. The van der Waals surface area contributed by atoms with Crippen molar-refractivity contribution in [2.45, 2.75) is 32.0 Å². The SMILES string of the molecule is CC1CCC(CN)CN1c1nccc(C(F)(F)F)n1. The zero-order valence-electron chi connectivity index (χ0n) is 10.7. The lowest BCUT2D eigenvalue weighted by Gasteiger charge is -2.37. The van der Waals surface area contributed by atoms with Crippen molar-refractivity contribution in [1.29, 1.82) is 0 Å². The molecule has 0 amide bonds. The van der Waals surface area contributed by atoms with Crippen LogP contribution in [-0.2, 0) is 6.18 Å². The van der Waals surface area contributed by atoms with Gasteiger partial charge in [-0.05, 0) is 38.3 Å². The van der Waals surface area contributed by atoms with Crippen LogP contribution < -0.4 is 10.6 Å². The molecule has 1 aromatic rings. The highest BCUT2D eigenvalue weighted by Crippen LogP contribution is 2.30. The van der Waals surface area contributed by atoms with Gasteiger partial charge in [0.15, 0.2) is 0 Å². The Morgan fingerprint density at radius 3 is 2.79 bits per heavy atom. The molecule has 2 N–H and O–H groups in total. The van der Waals surface area contributed by atoms with Crippen LogP contribution in [-0.4, -0.2) is 29.1 Å². The first-order valence-electron chi connectivity index (χ1n) is 6.28. The summed E-state index contributed by atoms with van der Waals surface area (Å²) in [4.78, 5) is 9.42. The number of nitrogens with two attached hydrogens (primary N) is 1. The highest BCUT2D eigenvalue weighted by Gasteiger charge is 2.34. The van der Waals surface area contributed by atoms with Crippen molar-refractivity contribution in [1.82, 2.24) is 9.97 Å². The van der Waals surface area contributed by atoms with Gasteiger partial charge >= 0.3 is 6.18 Å². The van der Waals surface area contributed by atoms with Crippen LogP contribution in [0.4, 0.5) is 19.1 Å². The Morgan fingerprint density at radius 2 is 2.16 bits per heavy atom. The second-order valence-corrected chi connectivity index (χ2v) is 4.92. The van der Waals surface area contributed by atoms with E-state index in [2.05, 4.69) is 9.97 Å². The summed E-state index contributed by atoms with van der Waals surface area (Å²) in [7, 11) is 0. The fourth-order valence-corrected chi connectivity index (χ4v) is 2.30. The Kier molecular flexibility index (Phi) is 3.93. The number of halogens is 3. The predicted molar refractivity (Wildman–Crippen MR) is 65.6 cm³/mol. The van der Waals surface area contributed by atoms with E-state index >= 15 is 0 Å². The fraction of sp³-hybridized carbons (Fsp3) is 0.667. The molecule has 1 aliphatic rings. The van der Waals surface area contributed by atoms with Gasteiger partial charge < -0.3 is 10.6 Å². The van der Waals surface area contributed by atoms with Crippen molar-refractivity contribution in [2.24, 2.45) is 11.7 Å². The maximum Gasteiger partial charge on any atom is 0.433 e. The third kappa shape index (κ3) is 3.15. The number of hydrogen-bond acceptors (Lipinski definition) is 4. The van der Waals surface area contributed by atoms with E-state index in [0.29, 0.717) is 13.1 Å². The van der Waals surface area contributed by atoms with Crippen LogP contribution in [0.1, 0.15) is 25.5 Å². The van der Waals surface area contributed by atoms with E-state index in [1.165, 1.54) is 0 Å². The normalized spacial score (nSPS) is 24.6. The van der Waals surface area contributed by atoms with E-state index in [0.717, 1.165) is 25.1 Å². The van der Waals surface area contributed by atoms with Gasteiger partial charge in [-0.3, -0.25) is 0 Å². The molecule has 4 nitrogen and oxygen atoms in total. The summed E-state index contributed by atoms with van der Waals surface area (Å²) in [6, 6.07) is 1.02. The Hall–Kier alpha value is -1.37. The van der Waals surface area contributed by atoms with Gasteiger partial charge in [0.05, 0.1) is 0 Å². The lowest BCUT2D eigenvalue weighted by Crippen LogP contribution is -2.45. The number of nitrogens with zero attached hydrogens (tertiary/aromatic N) is 3. The molecule has 0 saturated carbocycles. The van der Waals surface area contributed by atoms with Crippen molar-refractivity contribution >= 4 is 5.95 Å². The highest BCUT2D eigenvalue weighted by molar-refractivity contribution is 5.33. The Bertz CT molecular complexity index is 435. The maximum absolute atomic E-state index is 12.6. The van der Waals surface area contributed by atoms with E-state index in [9.17, 15) is 13.2 Å². The minimum Gasteiger partial charge on any atom is -0.338 e. The van der Waals surface area contributed by atoms with Crippen molar-refractivity contribution in [3.05, 3.63) is 18.0 Å². The van der Waals surface area contributed by atoms with Crippen molar-refractivity contribution in [3.63, 3.8) is 0 Å². The number of hydrogen-bond donors (Lipinski definition) is 1. The van der Waals surface area contributed by atoms with Gasteiger partial charge in [0.1, 0.15) is 5.69 Å². The van der Waals surface area contributed by atoms with Gasteiger partial charge in [0.25, 0.3) is 0 Å². The number of rotatable bonds is 2. The monoisotopic (exact) mass is 274 g/mol. The topological polar surface area (TPSA) is 55.0 Å². The van der Waals surface area contributed by atoms with Crippen molar-refractivity contribution in [3.8, 4) is 0 Å². The zero-order valence-corrected chi connectivity index (χ0v) is 10.7. The molecule has 2 atom stereocenters. The van der Waals surface area contributed by atoms with Crippen LogP contribution >= 0.6 is 0 Å². The molecule has 1 saturated heterocycles. The van der Waals surface area contributed by atoms with E-state index in [4.69, 9.17) is 5.73 Å². The van der Waals surface area contributed by atoms with Crippen LogP contribution in [0.3, 0.4) is 0 Å². The van der Waals surface area contributed by atoms with Crippen LogP contribution in [0.15, 0.2) is 12.3 Å². The second-order valence-electron chi connectivity index (χ2n) is 4.92. The molecule has 2 unspecified atom stereocenters. The molecule has 1 aliphatic heterocycles. The second kappa shape index (κ2) is 5.32. The molecule has 0 aromatic carbocycles. The lowest BCUT2D eigenvalue weighted by molar-refractivity contribution is -0.141. The van der Waals surface area contributed by atoms with Gasteiger partial charge in [-0.15, -0.1) is 0 Å². The van der Waals surface area contributed by atoms with Gasteiger partial charge in [-0.25, -0.2) is 9.97 Å². The number of piperidine rings is 1. The third-order valence-corrected chi connectivity index (χ3v) is 3.50. The molecular formula is C12H17F3N4. The minimum absolute atomic E-state index is 0.131. The number of alkyl halides is 3. The smallest absolute Gasteiger partial charge is 0.338 e. The van der Waals surface area contributed by atoms with Gasteiger partial charge in [-0.1, -0.05) is 0 Å². The summed E-state index contributed by atoms with van der Waals surface area (Å²) in [5.74, 6) is 0.426. The molecular weight excluding hydrogens is 257 g/mol. The average molecular weight is 274 g/mol. The minimum atomic E-state index is -4.44. The van der Waals surface area contributed by atoms with E-state index < -0.39 is 11.9 Å². The quantitative estimate of drug-likeness (QED) is 0.897. The van der Waals surface area contributed by atoms with Gasteiger partial charge in [0, 0.05) is 18.8 Å². The molecule has 0 spiro atoms. The van der Waals surface area contributed by atoms with E-state index in [1.54, 1.807) is 0 Å². The first-order valence-corrected chi connectivity index (χ1v) is 6.28. The Morgan fingerprint density at radius 1 is 1.42 bits per heavy atom. The predicted octanol–water partition coefficient (Wildman–Crippen LogP) is 2.06.